The fraction of sp³-hybridized carbons (Fsp3) is 0.333. The number of nitrogens with two attached hydrogens (primary N) is 1. The lowest BCUT2D eigenvalue weighted by Gasteiger charge is -2.25. The highest BCUT2D eigenvalue weighted by Crippen LogP contribution is 2.43. The van der Waals surface area contributed by atoms with Gasteiger partial charge in [0, 0.05) is 24.1 Å². The minimum Gasteiger partial charge on any atom is -0.493 e. The molecule has 2 aliphatic heterocycles. The molecule has 3 aromatic rings. The summed E-state index contributed by atoms with van der Waals surface area (Å²) in [4.78, 5) is 9.34. The zero-order valence-corrected chi connectivity index (χ0v) is 17.5. The number of hydrogen-bond donors (Lipinski definition) is 2. The Labute approximate surface area is 178 Å². The van der Waals surface area contributed by atoms with Crippen LogP contribution in [0, 0.1) is 0 Å². The smallest absolute Gasteiger partial charge is 0.212 e. The number of rotatable bonds is 4. The Morgan fingerprint density at radius 1 is 1.00 bits per heavy atom. The molecule has 2 aliphatic rings. The fourth-order valence-corrected chi connectivity index (χ4v) is 3.90. The number of fused-ring (bicyclic) bond motifs is 4. The molecule has 0 saturated carbocycles. The fourth-order valence-electron chi connectivity index (χ4n) is 3.90. The summed E-state index contributed by atoms with van der Waals surface area (Å²) in [6.45, 7) is 1.20. The molecule has 0 amide bonds. The summed E-state index contributed by atoms with van der Waals surface area (Å²) in [5, 5.41) is 3.04. The highest BCUT2D eigenvalue weighted by atomic mass is 16.5. The molecule has 1 atom stereocenters. The first-order valence-corrected chi connectivity index (χ1v) is 9.84. The lowest BCUT2D eigenvalue weighted by molar-refractivity contribution is 0.297. The molecule has 0 spiro atoms. The Balaban J connectivity index is 1.70. The van der Waals surface area contributed by atoms with Crippen molar-refractivity contribution in [3.05, 3.63) is 29.8 Å². The minimum atomic E-state index is -0.500. The Kier molecular flexibility index (Phi) is 4.61. The van der Waals surface area contributed by atoms with E-state index in [1.54, 1.807) is 21.3 Å². The lowest BCUT2D eigenvalue weighted by Crippen LogP contribution is -2.31. The van der Waals surface area contributed by atoms with E-state index in [4.69, 9.17) is 34.4 Å². The number of hydrogen-bond acceptors (Lipinski definition) is 9. The average Bonchev–Trinajstić information content (AvgIpc) is 2.96. The molecule has 2 aromatic carbocycles. The molecule has 3 N–H and O–H groups in total. The number of imidazole rings is 1. The van der Waals surface area contributed by atoms with Crippen LogP contribution in [0.1, 0.15) is 18.2 Å². The second-order valence-electron chi connectivity index (χ2n) is 7.12. The molecular formula is C21H23N5O5. The molecule has 0 radical (unpaired) electrons. The van der Waals surface area contributed by atoms with Crippen molar-refractivity contribution in [1.29, 1.82) is 0 Å². The maximum atomic E-state index is 6.09. The van der Waals surface area contributed by atoms with Crippen LogP contribution in [0.4, 0.5) is 5.95 Å². The van der Waals surface area contributed by atoms with Crippen LogP contribution in [0.2, 0.25) is 0 Å². The monoisotopic (exact) mass is 425 g/mol. The zero-order chi connectivity index (χ0) is 21.5. The number of aliphatic imine (C=N–C) groups is 1. The van der Waals surface area contributed by atoms with Crippen molar-refractivity contribution >= 4 is 22.9 Å². The highest BCUT2D eigenvalue weighted by Gasteiger charge is 2.28. The van der Waals surface area contributed by atoms with Crippen LogP contribution in [0.5, 0.6) is 28.7 Å². The van der Waals surface area contributed by atoms with Gasteiger partial charge in [0.1, 0.15) is 0 Å². The summed E-state index contributed by atoms with van der Waals surface area (Å²) in [6.07, 6.45) is 0.327. The molecule has 0 aliphatic carbocycles. The van der Waals surface area contributed by atoms with Gasteiger partial charge in [-0.15, -0.1) is 0 Å². The van der Waals surface area contributed by atoms with E-state index in [9.17, 15) is 0 Å². The van der Waals surface area contributed by atoms with Gasteiger partial charge in [-0.25, -0.2) is 9.98 Å². The molecular weight excluding hydrogens is 402 g/mol. The number of benzene rings is 2. The van der Waals surface area contributed by atoms with Crippen LogP contribution in [-0.2, 0) is 0 Å². The molecule has 0 fully saturated rings. The van der Waals surface area contributed by atoms with Gasteiger partial charge in [-0.3, -0.25) is 9.88 Å². The molecule has 162 valence electrons. The second-order valence-corrected chi connectivity index (χ2v) is 7.12. The predicted octanol–water partition coefficient (Wildman–Crippen LogP) is 2.51. The SMILES string of the molecule is COc1cc([C@H]2N=C(N)Nc3nc4cc5c(cc4n32)OCCCO5)cc(OC)c1OC. The van der Waals surface area contributed by atoms with E-state index in [-0.39, 0.29) is 5.96 Å². The van der Waals surface area contributed by atoms with Crippen LogP contribution in [0.25, 0.3) is 11.0 Å². The van der Waals surface area contributed by atoms with Gasteiger partial charge < -0.3 is 29.4 Å². The van der Waals surface area contributed by atoms with Gasteiger partial charge in [-0.05, 0) is 12.1 Å². The zero-order valence-electron chi connectivity index (χ0n) is 17.5. The molecule has 0 unspecified atom stereocenters. The van der Waals surface area contributed by atoms with Crippen molar-refractivity contribution < 1.29 is 23.7 Å². The summed E-state index contributed by atoms with van der Waals surface area (Å²) in [6, 6.07) is 7.52. The Morgan fingerprint density at radius 2 is 1.68 bits per heavy atom. The molecule has 10 nitrogen and oxygen atoms in total. The molecule has 31 heavy (non-hydrogen) atoms. The van der Waals surface area contributed by atoms with Gasteiger partial charge in [-0.2, -0.15) is 0 Å². The summed E-state index contributed by atoms with van der Waals surface area (Å²) < 4.78 is 30.1. The predicted molar refractivity (Wildman–Crippen MR) is 115 cm³/mol. The lowest BCUT2D eigenvalue weighted by atomic mass is 10.1. The van der Waals surface area contributed by atoms with Gasteiger partial charge in [0.25, 0.3) is 0 Å². The van der Waals surface area contributed by atoms with Crippen LogP contribution in [-0.4, -0.2) is 50.1 Å². The van der Waals surface area contributed by atoms with Crippen LogP contribution < -0.4 is 34.7 Å². The van der Waals surface area contributed by atoms with Gasteiger partial charge in [-0.1, -0.05) is 0 Å². The highest BCUT2D eigenvalue weighted by molar-refractivity contribution is 5.95. The Morgan fingerprint density at radius 3 is 2.32 bits per heavy atom. The Hall–Kier alpha value is -3.82. The van der Waals surface area contributed by atoms with Gasteiger partial charge in [0.2, 0.25) is 11.7 Å². The average molecular weight is 425 g/mol. The normalized spacial score (nSPS) is 17.3. The first-order valence-electron chi connectivity index (χ1n) is 9.84. The third-order valence-electron chi connectivity index (χ3n) is 5.29. The van der Waals surface area contributed by atoms with Crippen molar-refractivity contribution in [1.82, 2.24) is 9.55 Å². The van der Waals surface area contributed by atoms with E-state index in [2.05, 4.69) is 10.3 Å². The summed E-state index contributed by atoms with van der Waals surface area (Å²) in [5.41, 5.74) is 8.47. The van der Waals surface area contributed by atoms with Crippen molar-refractivity contribution in [2.45, 2.75) is 12.6 Å². The standard InChI is InChI=1S/C21H23N5O5/c1-27-16-7-11(8-17(28-2)18(16)29-3)19-24-20(22)25-21-23-12-9-14-15(10-13(12)26(19)21)31-6-4-5-30-14/h7-10,19H,4-6H2,1-3H3,(H3,22,23,24,25)/t19-/m0/s1. The maximum absolute atomic E-state index is 6.09. The van der Waals surface area contributed by atoms with Crippen molar-refractivity contribution in [3.63, 3.8) is 0 Å². The van der Waals surface area contributed by atoms with E-state index >= 15 is 0 Å². The number of nitrogens with zero attached hydrogens (tertiary/aromatic N) is 3. The third kappa shape index (κ3) is 3.11. The van der Waals surface area contributed by atoms with Crippen LogP contribution >= 0.6 is 0 Å². The van der Waals surface area contributed by atoms with E-state index in [0.717, 1.165) is 23.0 Å². The molecule has 3 heterocycles. The third-order valence-corrected chi connectivity index (χ3v) is 5.29. The van der Waals surface area contributed by atoms with Crippen molar-refractivity contribution in [3.8, 4) is 28.7 Å². The number of guanidine groups is 1. The van der Waals surface area contributed by atoms with Gasteiger partial charge >= 0.3 is 0 Å². The minimum absolute atomic E-state index is 0.260. The summed E-state index contributed by atoms with van der Waals surface area (Å²) in [7, 11) is 4.72. The van der Waals surface area contributed by atoms with Gasteiger partial charge in [0.15, 0.2) is 35.1 Å². The molecule has 10 heteroatoms. The van der Waals surface area contributed by atoms with Crippen molar-refractivity contribution in [2.24, 2.45) is 10.7 Å². The molecule has 5 rings (SSSR count). The van der Waals surface area contributed by atoms with Crippen LogP contribution in [0.15, 0.2) is 29.3 Å². The van der Waals surface area contributed by atoms with Gasteiger partial charge in [0.05, 0.1) is 45.6 Å². The van der Waals surface area contributed by atoms with E-state index in [1.165, 1.54) is 0 Å². The number of ether oxygens (including phenoxy) is 5. The van der Waals surface area contributed by atoms with E-state index in [1.807, 2.05) is 28.8 Å². The first kappa shape index (κ1) is 19.2. The summed E-state index contributed by atoms with van der Waals surface area (Å²) >= 11 is 0. The quantitative estimate of drug-likeness (QED) is 0.655. The summed E-state index contributed by atoms with van der Waals surface area (Å²) in [5.74, 6) is 3.75. The number of aromatic nitrogens is 2. The number of methoxy groups -OCH3 is 3. The van der Waals surface area contributed by atoms with E-state index < -0.39 is 6.17 Å². The second kappa shape index (κ2) is 7.46. The van der Waals surface area contributed by atoms with Crippen LogP contribution in [0.3, 0.4) is 0 Å². The molecule has 0 bridgehead atoms. The first-order chi connectivity index (χ1) is 15.1. The van der Waals surface area contributed by atoms with E-state index in [0.29, 0.717) is 47.9 Å². The maximum Gasteiger partial charge on any atom is 0.212 e. The number of nitrogens with one attached hydrogen (secondary N) is 1. The number of anilines is 1. The Bertz CT molecular complexity index is 1160. The van der Waals surface area contributed by atoms with Crippen molar-refractivity contribution in [2.75, 3.05) is 39.9 Å². The molecule has 0 saturated heterocycles. The largest absolute Gasteiger partial charge is 0.493 e. The molecule has 1 aromatic heterocycles. The topological polar surface area (TPSA) is 114 Å².